The fourth-order valence-electron chi connectivity index (χ4n) is 3.06. The van der Waals surface area contributed by atoms with Gasteiger partial charge in [-0.25, -0.2) is 4.98 Å². The molecule has 2 aliphatic rings. The lowest BCUT2D eigenvalue weighted by molar-refractivity contribution is 0.128. The summed E-state index contributed by atoms with van der Waals surface area (Å²) in [7, 11) is 0. The van der Waals surface area contributed by atoms with Crippen LogP contribution in [0, 0.1) is 5.92 Å². The third kappa shape index (κ3) is 1.59. The maximum absolute atomic E-state index is 12.0. The van der Waals surface area contributed by atoms with E-state index in [4.69, 9.17) is 4.74 Å². The molecule has 1 aromatic heterocycles. The maximum Gasteiger partial charge on any atom is 0.262 e. The van der Waals surface area contributed by atoms with E-state index in [0.29, 0.717) is 17.4 Å². The Morgan fingerprint density at radius 3 is 3.06 bits per heavy atom. The van der Waals surface area contributed by atoms with Crippen LogP contribution in [0.25, 0.3) is 5.57 Å². The number of fused-ring (bicyclic) bond motifs is 2. The summed E-state index contributed by atoms with van der Waals surface area (Å²) in [6.45, 7) is 6.35. The highest BCUT2D eigenvalue weighted by atomic mass is 16.5. The molecule has 4 heteroatoms. The van der Waals surface area contributed by atoms with Gasteiger partial charge in [0.2, 0.25) is 5.88 Å². The lowest BCUT2D eigenvalue weighted by atomic mass is 9.75. The number of ether oxygens (including phenoxy) is 1. The number of hydrogen-bond donors (Lipinski definition) is 1. The Hall–Kier alpha value is -1.58. The summed E-state index contributed by atoms with van der Waals surface area (Å²) in [5.41, 5.74) is 2.65. The van der Waals surface area contributed by atoms with Gasteiger partial charge >= 0.3 is 0 Å². The highest BCUT2D eigenvalue weighted by Crippen LogP contribution is 2.46. The van der Waals surface area contributed by atoms with Gasteiger partial charge in [-0.05, 0) is 50.2 Å². The van der Waals surface area contributed by atoms with Gasteiger partial charge in [0.1, 0.15) is 11.2 Å². The number of rotatable bonds is 0. The van der Waals surface area contributed by atoms with E-state index in [1.807, 2.05) is 0 Å². The van der Waals surface area contributed by atoms with Crippen molar-refractivity contribution in [3.05, 3.63) is 27.8 Å². The Morgan fingerprint density at radius 1 is 1.50 bits per heavy atom. The first-order chi connectivity index (χ1) is 8.49. The number of H-pyrrole nitrogens is 1. The molecule has 96 valence electrons. The molecule has 3 rings (SSSR count). The smallest absolute Gasteiger partial charge is 0.262 e. The van der Waals surface area contributed by atoms with Gasteiger partial charge in [-0.3, -0.25) is 4.79 Å². The summed E-state index contributed by atoms with van der Waals surface area (Å²) in [5, 5.41) is 0. The SMILES string of the molecule is CC1CCC2=C(C1)c1c(nc[nH]c1=O)OC2(C)C. The minimum atomic E-state index is -0.344. The molecule has 2 heterocycles. The number of allylic oxidation sites excluding steroid dienone is 1. The topological polar surface area (TPSA) is 55.0 Å². The molecule has 1 aliphatic heterocycles. The molecule has 1 atom stereocenters. The predicted octanol–water partition coefficient (Wildman–Crippen LogP) is 2.51. The molecule has 0 fully saturated rings. The van der Waals surface area contributed by atoms with E-state index in [2.05, 4.69) is 30.7 Å². The average Bonchev–Trinajstić information content (AvgIpc) is 2.27. The number of nitrogens with zero attached hydrogens (tertiary/aromatic N) is 1. The molecule has 1 aromatic rings. The summed E-state index contributed by atoms with van der Waals surface area (Å²) in [6.07, 6.45) is 4.54. The van der Waals surface area contributed by atoms with Gasteiger partial charge < -0.3 is 9.72 Å². The van der Waals surface area contributed by atoms with E-state index in [1.54, 1.807) is 0 Å². The van der Waals surface area contributed by atoms with E-state index < -0.39 is 0 Å². The second kappa shape index (κ2) is 3.70. The molecule has 0 bridgehead atoms. The molecule has 0 spiro atoms. The first-order valence-corrected chi connectivity index (χ1v) is 6.48. The van der Waals surface area contributed by atoms with Crippen LogP contribution in [0.5, 0.6) is 5.88 Å². The molecule has 18 heavy (non-hydrogen) atoms. The fraction of sp³-hybridized carbons (Fsp3) is 0.571. The van der Waals surface area contributed by atoms with Crippen LogP contribution in [-0.4, -0.2) is 15.6 Å². The minimum Gasteiger partial charge on any atom is -0.466 e. The third-order valence-electron chi connectivity index (χ3n) is 4.00. The molecule has 1 aliphatic carbocycles. The van der Waals surface area contributed by atoms with Crippen LogP contribution in [0.1, 0.15) is 45.6 Å². The molecule has 0 aromatic carbocycles. The highest BCUT2D eigenvalue weighted by molar-refractivity contribution is 5.75. The Morgan fingerprint density at radius 2 is 2.28 bits per heavy atom. The summed E-state index contributed by atoms with van der Waals surface area (Å²) in [4.78, 5) is 18.9. The standard InChI is InChI=1S/C14H18N2O2/c1-8-4-5-10-9(6-8)11-12(17)15-7-16-13(11)18-14(10,2)3/h7-8H,4-6H2,1-3H3,(H,15,16,17). The Labute approximate surface area is 106 Å². The van der Waals surface area contributed by atoms with Crippen molar-refractivity contribution in [2.24, 2.45) is 5.92 Å². The van der Waals surface area contributed by atoms with Gasteiger partial charge in [-0.2, -0.15) is 0 Å². The maximum atomic E-state index is 12.0. The van der Waals surface area contributed by atoms with Crippen molar-refractivity contribution in [3.8, 4) is 5.88 Å². The third-order valence-corrected chi connectivity index (χ3v) is 4.00. The second-order valence-electron chi connectivity index (χ2n) is 5.83. The quantitative estimate of drug-likeness (QED) is 0.765. The van der Waals surface area contributed by atoms with Crippen LogP contribution in [0.4, 0.5) is 0 Å². The lowest BCUT2D eigenvalue weighted by Crippen LogP contribution is -2.39. The van der Waals surface area contributed by atoms with E-state index in [1.165, 1.54) is 18.3 Å². The molecule has 0 amide bonds. The first kappa shape index (κ1) is 11.5. The van der Waals surface area contributed by atoms with Crippen LogP contribution >= 0.6 is 0 Å². The Balaban J connectivity index is 2.26. The molecule has 0 saturated carbocycles. The van der Waals surface area contributed by atoms with Gasteiger partial charge in [-0.1, -0.05) is 6.92 Å². The first-order valence-electron chi connectivity index (χ1n) is 6.48. The molecular formula is C14H18N2O2. The molecule has 0 saturated heterocycles. The van der Waals surface area contributed by atoms with Crippen LogP contribution in [0.3, 0.4) is 0 Å². The number of aromatic nitrogens is 2. The minimum absolute atomic E-state index is 0.0860. The fourth-order valence-corrected chi connectivity index (χ4v) is 3.06. The van der Waals surface area contributed by atoms with E-state index >= 15 is 0 Å². The van der Waals surface area contributed by atoms with Crippen molar-refractivity contribution >= 4 is 5.57 Å². The molecule has 1 N–H and O–H groups in total. The van der Waals surface area contributed by atoms with Gasteiger partial charge in [0.25, 0.3) is 5.56 Å². The second-order valence-corrected chi connectivity index (χ2v) is 5.83. The van der Waals surface area contributed by atoms with Gasteiger partial charge in [0, 0.05) is 0 Å². The summed E-state index contributed by atoms with van der Waals surface area (Å²) >= 11 is 0. The zero-order chi connectivity index (χ0) is 12.9. The van der Waals surface area contributed by atoms with Crippen molar-refractivity contribution in [1.29, 1.82) is 0 Å². The van der Waals surface area contributed by atoms with Crippen LogP contribution < -0.4 is 10.3 Å². The van der Waals surface area contributed by atoms with Crippen LogP contribution in [0.2, 0.25) is 0 Å². The van der Waals surface area contributed by atoms with Crippen molar-refractivity contribution in [2.75, 3.05) is 0 Å². The zero-order valence-electron chi connectivity index (χ0n) is 11.0. The largest absolute Gasteiger partial charge is 0.466 e. The number of nitrogens with one attached hydrogen (secondary N) is 1. The summed E-state index contributed by atoms with van der Waals surface area (Å²) < 4.78 is 5.92. The predicted molar refractivity (Wildman–Crippen MR) is 69.5 cm³/mol. The van der Waals surface area contributed by atoms with E-state index in [-0.39, 0.29) is 11.2 Å². The van der Waals surface area contributed by atoms with Gasteiger partial charge in [0.15, 0.2) is 0 Å². The van der Waals surface area contributed by atoms with Gasteiger partial charge in [-0.15, -0.1) is 0 Å². The van der Waals surface area contributed by atoms with E-state index in [9.17, 15) is 4.79 Å². The van der Waals surface area contributed by atoms with Gasteiger partial charge in [0.05, 0.1) is 6.33 Å². The van der Waals surface area contributed by atoms with Crippen molar-refractivity contribution in [2.45, 2.75) is 45.6 Å². The summed E-state index contributed by atoms with van der Waals surface area (Å²) in [5.74, 6) is 1.10. The number of hydrogen-bond acceptors (Lipinski definition) is 3. The molecule has 1 unspecified atom stereocenters. The average molecular weight is 246 g/mol. The normalized spacial score (nSPS) is 25.2. The highest BCUT2D eigenvalue weighted by Gasteiger charge is 2.38. The monoisotopic (exact) mass is 246 g/mol. The van der Waals surface area contributed by atoms with Crippen LogP contribution in [0.15, 0.2) is 16.7 Å². The molecule has 4 nitrogen and oxygen atoms in total. The molecule has 0 radical (unpaired) electrons. The lowest BCUT2D eigenvalue weighted by Gasteiger charge is -2.39. The number of aromatic amines is 1. The Kier molecular flexibility index (Phi) is 2.37. The van der Waals surface area contributed by atoms with Crippen molar-refractivity contribution in [1.82, 2.24) is 9.97 Å². The Bertz CT molecular complexity index is 584. The summed E-state index contributed by atoms with van der Waals surface area (Å²) in [6, 6.07) is 0. The van der Waals surface area contributed by atoms with Crippen molar-refractivity contribution < 1.29 is 4.74 Å². The van der Waals surface area contributed by atoms with Crippen molar-refractivity contribution in [3.63, 3.8) is 0 Å². The zero-order valence-corrected chi connectivity index (χ0v) is 11.0. The molecular weight excluding hydrogens is 228 g/mol. The van der Waals surface area contributed by atoms with Crippen LogP contribution in [-0.2, 0) is 0 Å². The van der Waals surface area contributed by atoms with E-state index in [0.717, 1.165) is 18.4 Å².